The van der Waals surface area contributed by atoms with Gasteiger partial charge in [0, 0.05) is 12.8 Å². The van der Waals surface area contributed by atoms with Gasteiger partial charge in [-0.25, -0.2) is 4.98 Å². The molecule has 0 saturated heterocycles. The summed E-state index contributed by atoms with van der Waals surface area (Å²) in [5.41, 5.74) is 0.885. The van der Waals surface area contributed by atoms with Crippen LogP contribution in [0, 0.1) is 0 Å². The zero-order valence-electron chi connectivity index (χ0n) is 11.0. The lowest BCUT2D eigenvalue weighted by Gasteiger charge is -2.04. The Balaban J connectivity index is 2.11. The number of hydrogen-bond acceptors (Lipinski definition) is 3. The van der Waals surface area contributed by atoms with Gasteiger partial charge in [-0.3, -0.25) is 0 Å². The summed E-state index contributed by atoms with van der Waals surface area (Å²) in [5, 5.41) is 10.1. The van der Waals surface area contributed by atoms with Gasteiger partial charge in [0.15, 0.2) is 5.16 Å². The van der Waals surface area contributed by atoms with Crippen LogP contribution in [0.2, 0.25) is 0 Å². The molecule has 0 amide bonds. The van der Waals surface area contributed by atoms with Gasteiger partial charge in [-0.1, -0.05) is 50.8 Å². The van der Waals surface area contributed by atoms with Crippen LogP contribution in [0.5, 0.6) is 0 Å². The summed E-state index contributed by atoms with van der Waals surface area (Å²) in [4.78, 5) is 4.30. The molecule has 0 radical (unpaired) electrons. The predicted octanol–water partition coefficient (Wildman–Crippen LogP) is 3.37. The van der Waals surface area contributed by atoms with E-state index in [4.69, 9.17) is 5.11 Å². The molecule has 1 aromatic heterocycles. The average Bonchev–Trinajstić information content (AvgIpc) is 2.69. The maximum Gasteiger partial charge on any atom is 0.167 e. The summed E-state index contributed by atoms with van der Waals surface area (Å²) in [5.74, 6) is 1.13. The number of thioether (sulfide) groups is 1. The van der Waals surface area contributed by atoms with Crippen LogP contribution in [0.25, 0.3) is 0 Å². The van der Waals surface area contributed by atoms with Crippen LogP contribution in [0.3, 0.4) is 0 Å². The normalized spacial score (nSPS) is 11.0. The van der Waals surface area contributed by atoms with E-state index in [-0.39, 0.29) is 6.61 Å². The number of nitrogens with zero attached hydrogens (tertiary/aromatic N) is 2. The van der Waals surface area contributed by atoms with Crippen molar-refractivity contribution in [3.8, 4) is 0 Å². The van der Waals surface area contributed by atoms with Crippen LogP contribution < -0.4 is 0 Å². The topological polar surface area (TPSA) is 38.1 Å². The van der Waals surface area contributed by atoms with Crippen LogP contribution in [0.15, 0.2) is 11.4 Å². The molecule has 0 saturated carbocycles. The van der Waals surface area contributed by atoms with Crippen molar-refractivity contribution in [2.24, 2.45) is 7.05 Å². The number of aliphatic hydroxyl groups excluding tert-OH is 1. The molecule has 0 aliphatic rings. The second kappa shape index (κ2) is 8.59. The van der Waals surface area contributed by atoms with Crippen molar-refractivity contribution in [2.45, 2.75) is 57.2 Å². The van der Waals surface area contributed by atoms with E-state index in [0.29, 0.717) is 0 Å². The Morgan fingerprint density at radius 2 is 1.94 bits per heavy atom. The van der Waals surface area contributed by atoms with Crippen LogP contribution in [-0.4, -0.2) is 20.4 Å². The Bertz CT molecular complexity index is 312. The lowest BCUT2D eigenvalue weighted by molar-refractivity contribution is 0.271. The molecule has 4 heteroatoms. The maximum atomic E-state index is 9.05. The first-order valence-corrected chi connectivity index (χ1v) is 7.52. The van der Waals surface area contributed by atoms with Crippen molar-refractivity contribution in [2.75, 3.05) is 5.75 Å². The first-order chi connectivity index (χ1) is 8.29. The number of unbranched alkanes of at least 4 members (excludes halogenated alkanes) is 5. The van der Waals surface area contributed by atoms with E-state index < -0.39 is 0 Å². The Kier molecular flexibility index (Phi) is 7.37. The van der Waals surface area contributed by atoms with Crippen molar-refractivity contribution in [3.63, 3.8) is 0 Å². The molecule has 0 aliphatic heterocycles. The summed E-state index contributed by atoms with van der Waals surface area (Å²) in [7, 11) is 1.96. The van der Waals surface area contributed by atoms with Crippen LogP contribution in [0.4, 0.5) is 0 Å². The molecular formula is C13H24N2OS. The monoisotopic (exact) mass is 256 g/mol. The molecule has 1 heterocycles. The zero-order chi connectivity index (χ0) is 12.5. The maximum absolute atomic E-state index is 9.05. The smallest absolute Gasteiger partial charge is 0.167 e. The van der Waals surface area contributed by atoms with Crippen LogP contribution in [0.1, 0.15) is 51.1 Å². The number of hydrogen-bond donors (Lipinski definition) is 1. The van der Waals surface area contributed by atoms with Crippen molar-refractivity contribution < 1.29 is 5.11 Å². The molecule has 0 aromatic carbocycles. The molecule has 0 bridgehead atoms. The molecule has 98 valence electrons. The summed E-state index contributed by atoms with van der Waals surface area (Å²) < 4.78 is 1.97. The van der Waals surface area contributed by atoms with Gasteiger partial charge in [-0.15, -0.1) is 0 Å². The predicted molar refractivity (Wildman–Crippen MR) is 73.2 cm³/mol. The molecule has 0 spiro atoms. The minimum atomic E-state index is 0.0705. The van der Waals surface area contributed by atoms with E-state index in [9.17, 15) is 0 Å². The average molecular weight is 256 g/mol. The van der Waals surface area contributed by atoms with Gasteiger partial charge in [0.25, 0.3) is 0 Å². The summed E-state index contributed by atoms with van der Waals surface area (Å²) in [6.07, 6.45) is 9.75. The van der Waals surface area contributed by atoms with Crippen molar-refractivity contribution in [3.05, 3.63) is 11.9 Å². The van der Waals surface area contributed by atoms with E-state index in [1.807, 2.05) is 11.6 Å². The van der Waals surface area contributed by atoms with Crippen molar-refractivity contribution in [1.29, 1.82) is 0 Å². The van der Waals surface area contributed by atoms with Crippen molar-refractivity contribution >= 4 is 11.8 Å². The van der Waals surface area contributed by atoms with Gasteiger partial charge >= 0.3 is 0 Å². The van der Waals surface area contributed by atoms with Gasteiger partial charge in [-0.05, 0) is 6.42 Å². The fourth-order valence-corrected chi connectivity index (χ4v) is 2.72. The SMILES string of the molecule is CCCCCCCCSc1ncc(CO)n1C. The van der Waals surface area contributed by atoms with Gasteiger partial charge in [0.1, 0.15) is 0 Å². The highest BCUT2D eigenvalue weighted by Gasteiger charge is 2.05. The third kappa shape index (κ3) is 5.13. The molecule has 3 nitrogen and oxygen atoms in total. The summed E-state index contributed by atoms with van der Waals surface area (Å²) in [6.45, 7) is 2.32. The molecule has 1 N–H and O–H groups in total. The van der Waals surface area contributed by atoms with E-state index >= 15 is 0 Å². The molecule has 0 aliphatic carbocycles. The Morgan fingerprint density at radius 3 is 2.59 bits per heavy atom. The molecule has 0 fully saturated rings. The molecule has 0 atom stereocenters. The Morgan fingerprint density at radius 1 is 1.24 bits per heavy atom. The second-order valence-electron chi connectivity index (χ2n) is 4.37. The molecule has 0 unspecified atom stereocenters. The number of imidazole rings is 1. The molecule has 17 heavy (non-hydrogen) atoms. The van der Waals surface area contributed by atoms with E-state index in [1.54, 1.807) is 18.0 Å². The Hall–Kier alpha value is -0.480. The number of rotatable bonds is 9. The largest absolute Gasteiger partial charge is 0.390 e. The quantitative estimate of drug-likeness (QED) is 0.544. The summed E-state index contributed by atoms with van der Waals surface area (Å²) in [6, 6.07) is 0. The summed E-state index contributed by atoms with van der Waals surface area (Å²) >= 11 is 1.79. The van der Waals surface area contributed by atoms with Gasteiger partial charge < -0.3 is 9.67 Å². The highest BCUT2D eigenvalue weighted by molar-refractivity contribution is 7.99. The molecule has 1 rings (SSSR count). The number of aromatic nitrogens is 2. The lowest BCUT2D eigenvalue weighted by atomic mass is 10.1. The highest BCUT2D eigenvalue weighted by atomic mass is 32.2. The Labute approximate surface area is 109 Å². The second-order valence-corrected chi connectivity index (χ2v) is 5.43. The highest BCUT2D eigenvalue weighted by Crippen LogP contribution is 2.19. The zero-order valence-corrected chi connectivity index (χ0v) is 11.8. The first kappa shape index (κ1) is 14.6. The molecule has 1 aromatic rings. The molecular weight excluding hydrogens is 232 g/mol. The third-order valence-corrected chi connectivity index (χ3v) is 4.06. The minimum Gasteiger partial charge on any atom is -0.390 e. The van der Waals surface area contributed by atoms with Crippen molar-refractivity contribution in [1.82, 2.24) is 9.55 Å². The third-order valence-electron chi connectivity index (χ3n) is 2.93. The standard InChI is InChI=1S/C13H24N2OS/c1-3-4-5-6-7-8-9-17-13-14-10-12(11-16)15(13)2/h10,16H,3-9,11H2,1-2H3. The van der Waals surface area contributed by atoms with E-state index in [0.717, 1.165) is 16.6 Å². The van der Waals surface area contributed by atoms with Gasteiger partial charge in [-0.2, -0.15) is 0 Å². The number of aliphatic hydroxyl groups is 1. The first-order valence-electron chi connectivity index (χ1n) is 6.53. The van der Waals surface area contributed by atoms with Gasteiger partial charge in [0.2, 0.25) is 0 Å². The van der Waals surface area contributed by atoms with E-state index in [1.165, 1.54) is 38.5 Å². The van der Waals surface area contributed by atoms with E-state index in [2.05, 4.69) is 11.9 Å². The fourth-order valence-electron chi connectivity index (χ4n) is 1.75. The van der Waals surface area contributed by atoms with Crippen LogP contribution in [-0.2, 0) is 13.7 Å². The van der Waals surface area contributed by atoms with Gasteiger partial charge in [0.05, 0.1) is 18.5 Å². The van der Waals surface area contributed by atoms with Crippen LogP contribution >= 0.6 is 11.8 Å². The minimum absolute atomic E-state index is 0.0705. The lowest BCUT2D eigenvalue weighted by Crippen LogP contribution is -1.97. The fraction of sp³-hybridized carbons (Fsp3) is 0.769.